The van der Waals surface area contributed by atoms with Crippen LogP contribution in [0.5, 0.6) is 0 Å². The van der Waals surface area contributed by atoms with Crippen molar-refractivity contribution in [2.75, 3.05) is 7.05 Å². The Balaban J connectivity index is 0.00000201. The summed E-state index contributed by atoms with van der Waals surface area (Å²) >= 11 is 0. The predicted molar refractivity (Wildman–Crippen MR) is 245 cm³/mol. The topological polar surface area (TPSA) is 12.0 Å². The molecule has 0 aliphatic heterocycles. The van der Waals surface area contributed by atoms with Gasteiger partial charge < -0.3 is 5.32 Å². The van der Waals surface area contributed by atoms with Crippen molar-refractivity contribution in [2.45, 2.75) is 25.3 Å². The SMILES string of the molecule is CC.CNC(c1ccc(-c2ccccc2)cc1)c1cccc(-c2c(-c3ccc4c(c3)C3(c5ccccc5-c5ccccc53)c3ccccc3-4)ccc3ccccc23)c1. The van der Waals surface area contributed by atoms with Gasteiger partial charge in [-0.3, -0.25) is 0 Å². The molecule has 0 amide bonds. The molecule has 0 aromatic heterocycles. The molecule has 11 rings (SSSR count). The maximum Gasteiger partial charge on any atom is 0.0725 e. The van der Waals surface area contributed by atoms with Crippen LogP contribution in [0, 0.1) is 0 Å². The third kappa shape index (κ3) is 5.42. The Morgan fingerprint density at radius 3 is 1.53 bits per heavy atom. The van der Waals surface area contributed by atoms with Crippen LogP contribution in [0.2, 0.25) is 0 Å². The molecule has 2 aliphatic rings. The van der Waals surface area contributed by atoms with Gasteiger partial charge in [-0.05, 0) is 119 Å². The molecule has 1 atom stereocenters. The van der Waals surface area contributed by atoms with Gasteiger partial charge in [0.05, 0.1) is 11.5 Å². The summed E-state index contributed by atoms with van der Waals surface area (Å²) in [6.07, 6.45) is 0. The van der Waals surface area contributed by atoms with Crippen LogP contribution in [0.4, 0.5) is 0 Å². The van der Waals surface area contributed by atoms with E-state index in [1.54, 1.807) is 0 Å². The highest BCUT2D eigenvalue weighted by molar-refractivity contribution is 6.05. The van der Waals surface area contributed by atoms with Crippen LogP contribution in [-0.2, 0) is 5.41 Å². The molecule has 0 heterocycles. The molecule has 1 unspecified atom stereocenters. The summed E-state index contributed by atoms with van der Waals surface area (Å²) in [5, 5.41) is 6.13. The first-order valence-corrected chi connectivity index (χ1v) is 20.6. The molecule has 9 aromatic carbocycles. The van der Waals surface area contributed by atoms with Crippen molar-refractivity contribution in [2.24, 2.45) is 0 Å². The minimum Gasteiger partial charge on any atom is -0.309 e. The van der Waals surface area contributed by atoms with Crippen LogP contribution in [0.3, 0.4) is 0 Å². The van der Waals surface area contributed by atoms with Gasteiger partial charge in [-0.15, -0.1) is 0 Å². The zero-order valence-electron chi connectivity index (χ0n) is 33.2. The highest BCUT2D eigenvalue weighted by Crippen LogP contribution is 2.63. The zero-order chi connectivity index (χ0) is 39.2. The van der Waals surface area contributed by atoms with E-state index < -0.39 is 0 Å². The third-order valence-electron chi connectivity index (χ3n) is 12.4. The monoisotopic (exact) mass is 743 g/mol. The molecule has 0 radical (unpaired) electrons. The lowest BCUT2D eigenvalue weighted by atomic mass is 9.70. The standard InChI is InChI=1S/C55H39N.C2H6/c1-56-54(39-28-26-37(27-29-39)36-14-3-2-4-15-36)42-18-13-17-41(34-42)53-43-19-6-5-16-38(43)30-32-44(53)40-31-33-48-47-22-9-12-25-51(47)55(52(48)35-40)49-23-10-7-20-45(49)46-21-8-11-24-50(46)55;1-2/h2-35,54,56H,1H3;1-2H3. The van der Waals surface area contributed by atoms with E-state index >= 15 is 0 Å². The Morgan fingerprint density at radius 1 is 0.362 bits per heavy atom. The summed E-state index contributed by atoms with van der Waals surface area (Å²) in [5.41, 5.74) is 20.2. The van der Waals surface area contributed by atoms with E-state index in [0.717, 1.165) is 0 Å². The molecule has 9 aromatic rings. The van der Waals surface area contributed by atoms with Gasteiger partial charge in [-0.1, -0.05) is 208 Å². The largest absolute Gasteiger partial charge is 0.309 e. The van der Waals surface area contributed by atoms with Crippen molar-refractivity contribution in [3.05, 3.63) is 240 Å². The van der Waals surface area contributed by atoms with Gasteiger partial charge in [0.2, 0.25) is 0 Å². The fourth-order valence-corrected chi connectivity index (χ4v) is 9.98. The van der Waals surface area contributed by atoms with Crippen molar-refractivity contribution in [1.82, 2.24) is 5.32 Å². The Bertz CT molecular complexity index is 2890. The fraction of sp³-hybridized carbons (Fsp3) is 0.0877. The number of benzene rings is 9. The maximum atomic E-state index is 3.64. The lowest BCUT2D eigenvalue weighted by molar-refractivity contribution is 0.692. The van der Waals surface area contributed by atoms with Gasteiger partial charge >= 0.3 is 0 Å². The Labute approximate surface area is 342 Å². The van der Waals surface area contributed by atoms with E-state index in [-0.39, 0.29) is 11.5 Å². The molecule has 0 bridgehead atoms. The lowest BCUT2D eigenvalue weighted by Gasteiger charge is -2.30. The van der Waals surface area contributed by atoms with Crippen molar-refractivity contribution in [1.29, 1.82) is 0 Å². The second kappa shape index (κ2) is 14.6. The van der Waals surface area contributed by atoms with Gasteiger partial charge in [0.15, 0.2) is 0 Å². The van der Waals surface area contributed by atoms with Crippen LogP contribution in [0.1, 0.15) is 53.3 Å². The number of nitrogens with one attached hydrogen (secondary N) is 1. The lowest BCUT2D eigenvalue weighted by Crippen LogP contribution is -2.25. The van der Waals surface area contributed by atoms with E-state index in [2.05, 4.69) is 219 Å². The summed E-state index contributed by atoms with van der Waals surface area (Å²) in [6, 6.07) is 76.7. The molecule has 0 saturated heterocycles. The van der Waals surface area contributed by atoms with Crippen molar-refractivity contribution in [3.63, 3.8) is 0 Å². The molecule has 1 nitrogen and oxygen atoms in total. The van der Waals surface area contributed by atoms with Gasteiger partial charge in [0.25, 0.3) is 0 Å². The summed E-state index contributed by atoms with van der Waals surface area (Å²) in [6.45, 7) is 4.00. The van der Waals surface area contributed by atoms with Gasteiger partial charge in [-0.2, -0.15) is 0 Å². The summed E-state index contributed by atoms with van der Waals surface area (Å²) < 4.78 is 0. The molecule has 0 saturated carbocycles. The van der Waals surface area contributed by atoms with Crippen LogP contribution in [-0.4, -0.2) is 7.05 Å². The fourth-order valence-electron chi connectivity index (χ4n) is 9.98. The van der Waals surface area contributed by atoms with Crippen molar-refractivity contribution >= 4 is 10.8 Å². The number of hydrogen-bond donors (Lipinski definition) is 1. The highest BCUT2D eigenvalue weighted by atomic mass is 14.9. The van der Waals surface area contributed by atoms with Crippen LogP contribution in [0.25, 0.3) is 66.4 Å². The molecule has 278 valence electrons. The minimum absolute atomic E-state index is 0.0408. The van der Waals surface area contributed by atoms with Crippen molar-refractivity contribution in [3.8, 4) is 55.6 Å². The molecule has 1 heteroatoms. The number of rotatable bonds is 6. The van der Waals surface area contributed by atoms with E-state index in [1.165, 1.54) is 99.8 Å². The van der Waals surface area contributed by atoms with E-state index in [0.29, 0.717) is 0 Å². The molecule has 2 aliphatic carbocycles. The first kappa shape index (κ1) is 35.6. The molecule has 1 spiro atoms. The number of hydrogen-bond acceptors (Lipinski definition) is 1. The highest BCUT2D eigenvalue weighted by Gasteiger charge is 2.51. The molecule has 0 fully saturated rings. The Kier molecular flexibility index (Phi) is 8.97. The summed E-state index contributed by atoms with van der Waals surface area (Å²) in [4.78, 5) is 0. The van der Waals surface area contributed by atoms with Gasteiger partial charge in [0, 0.05) is 0 Å². The van der Waals surface area contributed by atoms with Crippen LogP contribution >= 0.6 is 0 Å². The summed E-state index contributed by atoms with van der Waals surface area (Å²) in [7, 11) is 2.06. The van der Waals surface area contributed by atoms with E-state index in [1.807, 2.05) is 13.8 Å². The van der Waals surface area contributed by atoms with Crippen molar-refractivity contribution < 1.29 is 0 Å². The van der Waals surface area contributed by atoms with Gasteiger partial charge in [-0.25, -0.2) is 0 Å². The Hall–Kier alpha value is -6.80. The van der Waals surface area contributed by atoms with Gasteiger partial charge in [0.1, 0.15) is 0 Å². The minimum atomic E-state index is -0.387. The average molecular weight is 744 g/mol. The molecule has 1 N–H and O–H groups in total. The second-order valence-corrected chi connectivity index (χ2v) is 15.2. The van der Waals surface area contributed by atoms with E-state index in [4.69, 9.17) is 0 Å². The van der Waals surface area contributed by atoms with Crippen LogP contribution in [0.15, 0.2) is 206 Å². The molecule has 58 heavy (non-hydrogen) atoms. The first-order valence-electron chi connectivity index (χ1n) is 20.6. The number of fused-ring (bicyclic) bond motifs is 11. The smallest absolute Gasteiger partial charge is 0.0725 e. The molecular formula is C57H45N. The average Bonchev–Trinajstić information content (AvgIpc) is 3.77. The summed E-state index contributed by atoms with van der Waals surface area (Å²) in [5.74, 6) is 0. The third-order valence-corrected chi connectivity index (χ3v) is 12.4. The second-order valence-electron chi connectivity index (χ2n) is 15.2. The van der Waals surface area contributed by atoms with Crippen LogP contribution < -0.4 is 5.32 Å². The zero-order valence-corrected chi connectivity index (χ0v) is 33.2. The maximum absolute atomic E-state index is 3.64. The normalized spacial score (nSPS) is 13.2. The first-order chi connectivity index (χ1) is 28.7. The Morgan fingerprint density at radius 2 is 0.879 bits per heavy atom. The quantitative estimate of drug-likeness (QED) is 0.179. The van der Waals surface area contributed by atoms with E-state index in [9.17, 15) is 0 Å². The predicted octanol–water partition coefficient (Wildman–Crippen LogP) is 14.5. The molecular weight excluding hydrogens is 699 g/mol.